The van der Waals surface area contributed by atoms with Crippen molar-refractivity contribution in [2.24, 2.45) is 5.10 Å². The topological polar surface area (TPSA) is 71.6 Å². The Hall–Kier alpha value is -2.45. The summed E-state index contributed by atoms with van der Waals surface area (Å²) < 4.78 is 6.36. The second kappa shape index (κ2) is 7.66. The first-order chi connectivity index (χ1) is 13.1. The van der Waals surface area contributed by atoms with Gasteiger partial charge in [-0.1, -0.05) is 52.9 Å². The highest BCUT2D eigenvalue weighted by Gasteiger charge is 2.34. The Labute approximate surface area is 165 Å². The van der Waals surface area contributed by atoms with E-state index in [1.165, 1.54) is 28.7 Å². The Morgan fingerprint density at radius 1 is 1.26 bits per heavy atom. The molecule has 1 amide bonds. The smallest absolute Gasteiger partial charge is 0.253 e. The number of carbonyl (C=O) groups is 1. The summed E-state index contributed by atoms with van der Waals surface area (Å²) in [6, 6.07) is 11.7. The number of furan rings is 1. The summed E-state index contributed by atoms with van der Waals surface area (Å²) in [6.45, 7) is 3.95. The lowest BCUT2D eigenvalue weighted by Gasteiger charge is -2.19. The molecule has 0 N–H and O–H groups in total. The number of benzene rings is 1. The fourth-order valence-electron chi connectivity index (χ4n) is 2.89. The standard InChI is InChI=1S/C19H18N4O2S2/c1-12-5-7-14(8-6-12)15-10-16(17-4-3-9-25-17)23(22-15)18(24)11-26-19-21-20-13(2)27-19/h3-9,16H,10-11H2,1-2H3/t16-/m0/s1. The summed E-state index contributed by atoms with van der Waals surface area (Å²) in [7, 11) is 0. The van der Waals surface area contributed by atoms with Gasteiger partial charge in [0.25, 0.3) is 5.91 Å². The van der Waals surface area contributed by atoms with Crippen LogP contribution in [0.25, 0.3) is 0 Å². The van der Waals surface area contributed by atoms with Gasteiger partial charge in [0.2, 0.25) is 0 Å². The molecule has 0 spiro atoms. The first kappa shape index (κ1) is 17.9. The van der Waals surface area contributed by atoms with Crippen molar-refractivity contribution in [1.29, 1.82) is 0 Å². The number of hydrogen-bond donors (Lipinski definition) is 0. The number of thioether (sulfide) groups is 1. The predicted octanol–water partition coefficient (Wildman–Crippen LogP) is 4.22. The number of rotatable bonds is 5. The molecule has 0 aliphatic carbocycles. The highest BCUT2D eigenvalue weighted by molar-refractivity contribution is 8.01. The third kappa shape index (κ3) is 3.96. The molecular formula is C19H18N4O2S2. The van der Waals surface area contributed by atoms with Gasteiger partial charge in [-0.3, -0.25) is 4.79 Å². The number of aryl methyl sites for hydroxylation is 2. The number of hydrazone groups is 1. The molecule has 3 heterocycles. The van der Waals surface area contributed by atoms with Gasteiger partial charge in [-0.25, -0.2) is 5.01 Å². The van der Waals surface area contributed by atoms with E-state index in [-0.39, 0.29) is 17.7 Å². The van der Waals surface area contributed by atoms with Crippen LogP contribution in [-0.2, 0) is 4.79 Å². The molecule has 0 radical (unpaired) electrons. The largest absolute Gasteiger partial charge is 0.467 e. The summed E-state index contributed by atoms with van der Waals surface area (Å²) in [5, 5.41) is 15.1. The molecule has 1 atom stereocenters. The van der Waals surface area contributed by atoms with Crippen molar-refractivity contribution in [1.82, 2.24) is 15.2 Å². The van der Waals surface area contributed by atoms with Crippen LogP contribution in [0.4, 0.5) is 0 Å². The van der Waals surface area contributed by atoms with Gasteiger partial charge in [-0.2, -0.15) is 5.10 Å². The van der Waals surface area contributed by atoms with Crippen LogP contribution >= 0.6 is 23.1 Å². The second-order valence-corrected chi connectivity index (χ2v) is 8.67. The van der Waals surface area contributed by atoms with Crippen molar-refractivity contribution in [3.8, 4) is 0 Å². The molecule has 27 heavy (non-hydrogen) atoms. The Kier molecular flexibility index (Phi) is 5.09. The van der Waals surface area contributed by atoms with E-state index in [1.807, 2.05) is 38.1 Å². The van der Waals surface area contributed by atoms with E-state index in [0.29, 0.717) is 6.42 Å². The SMILES string of the molecule is Cc1ccc(C2=NN(C(=O)CSc3nnc(C)s3)[C@H](c3ccco3)C2)cc1. The molecule has 1 aromatic carbocycles. The molecule has 138 valence electrons. The molecule has 0 unspecified atom stereocenters. The fourth-order valence-corrected chi connectivity index (χ4v) is 4.56. The van der Waals surface area contributed by atoms with Crippen molar-refractivity contribution >= 4 is 34.7 Å². The van der Waals surface area contributed by atoms with Crippen molar-refractivity contribution in [2.75, 3.05) is 5.75 Å². The summed E-state index contributed by atoms with van der Waals surface area (Å²) in [5.74, 6) is 0.929. The normalized spacial score (nSPS) is 16.6. The average molecular weight is 399 g/mol. The van der Waals surface area contributed by atoms with Crippen molar-refractivity contribution < 1.29 is 9.21 Å². The minimum absolute atomic E-state index is 0.0728. The minimum atomic E-state index is -0.222. The number of hydrogen-bond acceptors (Lipinski definition) is 7. The third-order valence-corrected chi connectivity index (χ3v) is 6.21. The van der Waals surface area contributed by atoms with E-state index < -0.39 is 0 Å². The molecule has 6 nitrogen and oxygen atoms in total. The summed E-state index contributed by atoms with van der Waals surface area (Å²) >= 11 is 2.87. The first-order valence-corrected chi connectivity index (χ1v) is 10.3. The molecule has 4 rings (SSSR count). The maximum atomic E-state index is 12.9. The number of nitrogens with zero attached hydrogens (tertiary/aromatic N) is 4. The fraction of sp³-hybridized carbons (Fsp3) is 0.263. The molecule has 2 aromatic heterocycles. The molecular weight excluding hydrogens is 380 g/mol. The van der Waals surface area contributed by atoms with Gasteiger partial charge in [0, 0.05) is 6.42 Å². The van der Waals surface area contributed by atoms with E-state index in [0.717, 1.165) is 26.4 Å². The van der Waals surface area contributed by atoms with Crippen molar-refractivity contribution in [3.05, 3.63) is 64.6 Å². The molecule has 0 saturated heterocycles. The van der Waals surface area contributed by atoms with Crippen LogP contribution in [0, 0.1) is 13.8 Å². The zero-order valence-corrected chi connectivity index (χ0v) is 16.6. The van der Waals surface area contributed by atoms with E-state index in [2.05, 4.69) is 27.4 Å². The Balaban J connectivity index is 1.55. The summed E-state index contributed by atoms with van der Waals surface area (Å²) in [6.07, 6.45) is 2.26. The maximum Gasteiger partial charge on any atom is 0.253 e. The lowest BCUT2D eigenvalue weighted by molar-refractivity contribution is -0.130. The molecule has 1 aliphatic heterocycles. The van der Waals surface area contributed by atoms with Crippen LogP contribution in [0.3, 0.4) is 0 Å². The average Bonchev–Trinajstić information content (AvgIpc) is 3.40. The van der Waals surface area contributed by atoms with Crippen LogP contribution < -0.4 is 0 Å². The zero-order valence-electron chi connectivity index (χ0n) is 15.0. The van der Waals surface area contributed by atoms with Gasteiger partial charge in [0.15, 0.2) is 4.34 Å². The van der Waals surface area contributed by atoms with Crippen LogP contribution in [-0.4, -0.2) is 32.6 Å². The highest BCUT2D eigenvalue weighted by atomic mass is 32.2. The summed E-state index contributed by atoms with van der Waals surface area (Å²) in [5.41, 5.74) is 3.11. The van der Waals surface area contributed by atoms with Gasteiger partial charge >= 0.3 is 0 Å². The summed E-state index contributed by atoms with van der Waals surface area (Å²) in [4.78, 5) is 12.9. The van der Waals surface area contributed by atoms with Gasteiger partial charge in [0.1, 0.15) is 16.8 Å². The molecule has 0 fully saturated rings. The Morgan fingerprint density at radius 2 is 2.07 bits per heavy atom. The van der Waals surface area contributed by atoms with Gasteiger partial charge in [-0.05, 0) is 31.5 Å². The molecule has 0 saturated carbocycles. The van der Waals surface area contributed by atoms with E-state index >= 15 is 0 Å². The maximum absolute atomic E-state index is 12.9. The van der Waals surface area contributed by atoms with Crippen molar-refractivity contribution in [3.63, 3.8) is 0 Å². The van der Waals surface area contributed by atoms with Gasteiger partial charge in [0.05, 0.1) is 17.7 Å². The number of amides is 1. The van der Waals surface area contributed by atoms with Gasteiger partial charge in [-0.15, -0.1) is 10.2 Å². The van der Waals surface area contributed by atoms with E-state index in [1.54, 1.807) is 11.3 Å². The van der Waals surface area contributed by atoms with E-state index in [9.17, 15) is 4.79 Å². The van der Waals surface area contributed by atoms with Crippen molar-refractivity contribution in [2.45, 2.75) is 30.6 Å². The lowest BCUT2D eigenvalue weighted by Crippen LogP contribution is -2.28. The minimum Gasteiger partial charge on any atom is -0.467 e. The molecule has 0 bridgehead atoms. The predicted molar refractivity (Wildman–Crippen MR) is 106 cm³/mol. The lowest BCUT2D eigenvalue weighted by atomic mass is 10.0. The van der Waals surface area contributed by atoms with Crippen LogP contribution in [0.5, 0.6) is 0 Å². The molecule has 3 aromatic rings. The Bertz CT molecular complexity index is 964. The third-order valence-electron chi connectivity index (χ3n) is 4.25. The van der Waals surface area contributed by atoms with Crippen LogP contribution in [0.2, 0.25) is 0 Å². The zero-order chi connectivity index (χ0) is 18.8. The monoisotopic (exact) mass is 398 g/mol. The number of aromatic nitrogens is 2. The quantitative estimate of drug-likeness (QED) is 0.602. The molecule has 8 heteroatoms. The molecule has 1 aliphatic rings. The van der Waals surface area contributed by atoms with Crippen LogP contribution in [0.1, 0.15) is 34.4 Å². The second-order valence-electron chi connectivity index (χ2n) is 6.26. The number of carbonyl (C=O) groups excluding carboxylic acids is 1. The highest BCUT2D eigenvalue weighted by Crippen LogP contribution is 2.34. The van der Waals surface area contributed by atoms with Crippen LogP contribution in [0.15, 0.2) is 56.5 Å². The first-order valence-electron chi connectivity index (χ1n) is 8.53. The Morgan fingerprint density at radius 3 is 2.74 bits per heavy atom. The van der Waals surface area contributed by atoms with Gasteiger partial charge < -0.3 is 4.42 Å². The van der Waals surface area contributed by atoms with E-state index in [4.69, 9.17) is 4.42 Å².